The van der Waals surface area contributed by atoms with Crippen molar-refractivity contribution >= 4 is 0 Å². The lowest BCUT2D eigenvalue weighted by atomic mass is 10.1. The van der Waals surface area contributed by atoms with Crippen LogP contribution in [0.2, 0.25) is 0 Å². The van der Waals surface area contributed by atoms with Gasteiger partial charge in [0.25, 0.3) is 0 Å². The molecule has 2 unspecified atom stereocenters. The van der Waals surface area contributed by atoms with Crippen LogP contribution in [0.15, 0.2) is 12.2 Å². The summed E-state index contributed by atoms with van der Waals surface area (Å²) in [6, 6.07) is 0. The Morgan fingerprint density at radius 3 is 2.18 bits per heavy atom. The van der Waals surface area contributed by atoms with Crippen molar-refractivity contribution in [2.75, 3.05) is 26.2 Å². The van der Waals surface area contributed by atoms with Crippen LogP contribution >= 0.6 is 0 Å². The smallest absolute Gasteiger partial charge is 0.0900 e. The van der Waals surface area contributed by atoms with Crippen LogP contribution in [-0.4, -0.2) is 48.5 Å². The molecule has 128 valence electrons. The Labute approximate surface area is 136 Å². The van der Waals surface area contributed by atoms with E-state index in [4.69, 9.17) is 4.74 Å². The molecule has 0 aromatic rings. The second-order valence-corrected chi connectivity index (χ2v) is 7.01. The monoisotopic (exact) mass is 309 g/mol. The highest BCUT2D eigenvalue weighted by molar-refractivity contribution is 4.94. The number of nitrogens with zero attached hydrogens (tertiary/aromatic N) is 1. The van der Waals surface area contributed by atoms with Crippen LogP contribution in [-0.2, 0) is 4.74 Å². The third-order valence-electron chi connectivity index (χ3n) is 4.88. The Morgan fingerprint density at radius 1 is 0.955 bits per heavy atom. The number of allylic oxidation sites excluding steroid dienone is 1. The zero-order valence-electron chi connectivity index (χ0n) is 14.2. The summed E-state index contributed by atoms with van der Waals surface area (Å²) in [6.45, 7) is 3.53. The van der Waals surface area contributed by atoms with E-state index >= 15 is 0 Å². The van der Waals surface area contributed by atoms with Crippen LogP contribution in [0.5, 0.6) is 0 Å². The minimum Gasteiger partial charge on any atom is -0.389 e. The van der Waals surface area contributed by atoms with Gasteiger partial charge in [0.2, 0.25) is 0 Å². The summed E-state index contributed by atoms with van der Waals surface area (Å²) in [6.07, 6.45) is 18.6. The van der Waals surface area contributed by atoms with Crippen molar-refractivity contribution in [1.29, 1.82) is 0 Å². The van der Waals surface area contributed by atoms with Crippen molar-refractivity contribution in [3.8, 4) is 0 Å². The fourth-order valence-electron chi connectivity index (χ4n) is 3.53. The first kappa shape index (κ1) is 18.0. The molecular weight excluding hydrogens is 274 g/mol. The highest BCUT2D eigenvalue weighted by atomic mass is 16.5. The topological polar surface area (TPSA) is 32.7 Å². The van der Waals surface area contributed by atoms with Crippen molar-refractivity contribution in [1.82, 2.24) is 4.90 Å². The van der Waals surface area contributed by atoms with Gasteiger partial charge in [-0.1, -0.05) is 50.7 Å². The summed E-state index contributed by atoms with van der Waals surface area (Å²) in [4.78, 5) is 2.45. The number of rotatable bonds is 5. The van der Waals surface area contributed by atoms with Crippen LogP contribution in [0, 0.1) is 0 Å². The largest absolute Gasteiger partial charge is 0.389 e. The van der Waals surface area contributed by atoms with Crippen molar-refractivity contribution in [2.45, 2.75) is 82.8 Å². The van der Waals surface area contributed by atoms with Gasteiger partial charge in [-0.15, -0.1) is 0 Å². The Bertz CT molecular complexity index is 294. The summed E-state index contributed by atoms with van der Waals surface area (Å²) >= 11 is 0. The standard InChI is InChI=1S/C19H35NO2/c21-18(17-22-19-12-8-7-9-13-19)16-20-14-10-5-3-1-2-4-6-11-15-20/h8,12,18-19,21H,1-7,9-11,13-17H2. The Hall–Kier alpha value is -0.380. The average molecular weight is 309 g/mol. The molecule has 0 amide bonds. The third-order valence-corrected chi connectivity index (χ3v) is 4.88. The number of hydrogen-bond donors (Lipinski definition) is 1. The van der Waals surface area contributed by atoms with Crippen molar-refractivity contribution in [3.05, 3.63) is 12.2 Å². The van der Waals surface area contributed by atoms with Gasteiger partial charge < -0.3 is 14.7 Å². The van der Waals surface area contributed by atoms with E-state index in [9.17, 15) is 5.11 Å². The molecule has 22 heavy (non-hydrogen) atoms. The fraction of sp³-hybridized carbons (Fsp3) is 0.895. The van der Waals surface area contributed by atoms with Gasteiger partial charge in [0.05, 0.1) is 18.8 Å². The van der Waals surface area contributed by atoms with E-state index in [1.165, 1.54) is 64.2 Å². The average Bonchev–Trinajstić information content (AvgIpc) is 2.60. The number of β-amino-alcohol motifs (C(OH)–C–C–N with tert-alkyl or cyclic N) is 1. The zero-order chi connectivity index (χ0) is 15.5. The molecule has 3 heteroatoms. The van der Waals surface area contributed by atoms with Crippen molar-refractivity contribution in [2.24, 2.45) is 0 Å². The maximum Gasteiger partial charge on any atom is 0.0900 e. The molecule has 1 fully saturated rings. The lowest BCUT2D eigenvalue weighted by Gasteiger charge is -2.26. The minimum atomic E-state index is -0.347. The van der Waals surface area contributed by atoms with E-state index in [-0.39, 0.29) is 12.2 Å². The van der Waals surface area contributed by atoms with Gasteiger partial charge in [-0.3, -0.25) is 0 Å². The SMILES string of the molecule is OC(COC1C=CCCC1)CN1CCCCCCCCCC1. The first-order chi connectivity index (χ1) is 10.8. The summed E-state index contributed by atoms with van der Waals surface area (Å²) in [5, 5.41) is 10.3. The molecule has 0 spiro atoms. The Morgan fingerprint density at radius 2 is 1.59 bits per heavy atom. The number of ether oxygens (including phenoxy) is 1. The molecule has 2 atom stereocenters. The van der Waals surface area contributed by atoms with Gasteiger partial charge in [0.15, 0.2) is 0 Å². The molecule has 0 saturated carbocycles. The summed E-state index contributed by atoms with van der Waals surface area (Å²) < 4.78 is 5.84. The molecule has 1 heterocycles. The van der Waals surface area contributed by atoms with Gasteiger partial charge >= 0.3 is 0 Å². The minimum absolute atomic E-state index is 0.228. The van der Waals surface area contributed by atoms with Gasteiger partial charge in [0.1, 0.15) is 0 Å². The third kappa shape index (κ3) is 7.75. The molecule has 1 N–H and O–H groups in total. The first-order valence-electron chi connectivity index (χ1n) is 9.53. The van der Waals surface area contributed by atoms with Crippen LogP contribution in [0.3, 0.4) is 0 Å². The van der Waals surface area contributed by atoms with Gasteiger partial charge in [-0.05, 0) is 45.2 Å². The summed E-state index contributed by atoms with van der Waals surface area (Å²) in [5.74, 6) is 0. The number of aliphatic hydroxyl groups is 1. The molecule has 1 aliphatic carbocycles. The molecule has 3 nitrogen and oxygen atoms in total. The molecule has 1 aliphatic heterocycles. The lowest BCUT2D eigenvalue weighted by Crippen LogP contribution is -2.37. The van der Waals surface area contributed by atoms with E-state index < -0.39 is 0 Å². The van der Waals surface area contributed by atoms with Crippen LogP contribution < -0.4 is 0 Å². The van der Waals surface area contributed by atoms with Gasteiger partial charge in [0, 0.05) is 6.54 Å². The molecule has 0 aromatic carbocycles. The van der Waals surface area contributed by atoms with Gasteiger partial charge in [-0.25, -0.2) is 0 Å². The number of aliphatic hydroxyl groups excluding tert-OH is 1. The normalized spacial score (nSPS) is 27.2. The fourth-order valence-corrected chi connectivity index (χ4v) is 3.53. The second-order valence-electron chi connectivity index (χ2n) is 7.01. The first-order valence-corrected chi connectivity index (χ1v) is 9.53. The Balaban J connectivity index is 1.66. The predicted octanol–water partition coefficient (Wildman–Crippen LogP) is 3.91. The van der Waals surface area contributed by atoms with E-state index in [0.29, 0.717) is 6.61 Å². The van der Waals surface area contributed by atoms with Crippen molar-refractivity contribution in [3.63, 3.8) is 0 Å². The Kier molecular flexibility index (Phi) is 9.15. The lowest BCUT2D eigenvalue weighted by molar-refractivity contribution is -0.00947. The van der Waals surface area contributed by atoms with Crippen LogP contribution in [0.25, 0.3) is 0 Å². The molecular formula is C19H35NO2. The van der Waals surface area contributed by atoms with Crippen LogP contribution in [0.4, 0.5) is 0 Å². The molecule has 2 aliphatic rings. The summed E-state index contributed by atoms with van der Waals surface area (Å²) in [5.41, 5.74) is 0. The highest BCUT2D eigenvalue weighted by Gasteiger charge is 2.15. The highest BCUT2D eigenvalue weighted by Crippen LogP contribution is 2.15. The van der Waals surface area contributed by atoms with Crippen molar-refractivity contribution < 1.29 is 9.84 Å². The molecule has 0 bridgehead atoms. The molecule has 1 saturated heterocycles. The second kappa shape index (κ2) is 11.2. The maximum atomic E-state index is 10.3. The van der Waals surface area contributed by atoms with Gasteiger partial charge in [-0.2, -0.15) is 0 Å². The van der Waals surface area contributed by atoms with E-state index in [1.807, 2.05) is 0 Å². The van der Waals surface area contributed by atoms with E-state index in [0.717, 1.165) is 26.1 Å². The number of hydrogen-bond acceptors (Lipinski definition) is 3. The van der Waals surface area contributed by atoms with E-state index in [2.05, 4.69) is 17.1 Å². The zero-order valence-corrected chi connectivity index (χ0v) is 14.2. The van der Waals surface area contributed by atoms with Crippen LogP contribution in [0.1, 0.15) is 70.6 Å². The molecule has 0 radical (unpaired) electrons. The summed E-state index contributed by atoms with van der Waals surface area (Å²) in [7, 11) is 0. The maximum absolute atomic E-state index is 10.3. The van der Waals surface area contributed by atoms with E-state index in [1.54, 1.807) is 0 Å². The quantitative estimate of drug-likeness (QED) is 0.782. The predicted molar refractivity (Wildman–Crippen MR) is 92.1 cm³/mol. The molecule has 2 rings (SSSR count). The molecule has 0 aromatic heterocycles.